The summed E-state index contributed by atoms with van der Waals surface area (Å²) in [6.07, 6.45) is 5.94. The van der Waals surface area contributed by atoms with Crippen LogP contribution in [0.4, 0.5) is 0 Å². The van der Waals surface area contributed by atoms with Crippen LogP contribution in [0.1, 0.15) is 11.1 Å². The first-order valence-corrected chi connectivity index (χ1v) is 9.07. The van der Waals surface area contributed by atoms with Crippen LogP contribution in [0.15, 0.2) is 103 Å². The topological polar surface area (TPSA) is 17.8 Å². The number of para-hydroxylation sites is 2. The Morgan fingerprint density at radius 3 is 1.74 bits per heavy atom. The molecule has 0 N–H and O–H groups in total. The van der Waals surface area contributed by atoms with Crippen molar-refractivity contribution in [1.29, 1.82) is 0 Å². The molecule has 0 atom stereocenters. The minimum atomic E-state index is 1.15. The standard InChI is InChI=1S/C25H18N2/c1-2-8-19(9-3-1)23(20-14-16-26-17-15-20)18-27-24-12-6-4-10-21(24)22-11-5-7-13-25(22)27/h1-18H. The minimum absolute atomic E-state index is 1.15. The summed E-state index contributed by atoms with van der Waals surface area (Å²) in [5, 5.41) is 2.54. The molecule has 0 amide bonds. The molecule has 5 rings (SSSR count). The van der Waals surface area contributed by atoms with Crippen molar-refractivity contribution in [3.8, 4) is 0 Å². The zero-order valence-electron chi connectivity index (χ0n) is 14.8. The fraction of sp³-hybridized carbons (Fsp3) is 0. The number of benzene rings is 3. The van der Waals surface area contributed by atoms with Crippen molar-refractivity contribution >= 4 is 33.6 Å². The van der Waals surface area contributed by atoms with E-state index in [2.05, 4.69) is 101 Å². The highest BCUT2D eigenvalue weighted by atomic mass is 15.0. The van der Waals surface area contributed by atoms with Crippen LogP contribution in [-0.4, -0.2) is 9.55 Å². The molecule has 2 nitrogen and oxygen atoms in total. The highest BCUT2D eigenvalue weighted by Gasteiger charge is 2.11. The van der Waals surface area contributed by atoms with E-state index in [1.54, 1.807) is 0 Å². The Bertz CT molecular complexity index is 1150. The maximum Gasteiger partial charge on any atom is 0.0535 e. The number of aromatic nitrogens is 2. The molecule has 2 heteroatoms. The van der Waals surface area contributed by atoms with Gasteiger partial charge in [0, 0.05) is 34.9 Å². The Hall–Kier alpha value is -3.65. The van der Waals surface area contributed by atoms with Gasteiger partial charge in [0.1, 0.15) is 0 Å². The van der Waals surface area contributed by atoms with Gasteiger partial charge in [0.15, 0.2) is 0 Å². The van der Waals surface area contributed by atoms with Crippen LogP contribution in [-0.2, 0) is 0 Å². The Balaban J connectivity index is 1.85. The summed E-state index contributed by atoms with van der Waals surface area (Å²) >= 11 is 0. The van der Waals surface area contributed by atoms with Crippen LogP contribution >= 0.6 is 0 Å². The smallest absolute Gasteiger partial charge is 0.0535 e. The largest absolute Gasteiger partial charge is 0.315 e. The lowest BCUT2D eigenvalue weighted by Gasteiger charge is -2.10. The van der Waals surface area contributed by atoms with Crippen LogP contribution < -0.4 is 0 Å². The third kappa shape index (κ3) is 2.72. The predicted molar refractivity (Wildman–Crippen MR) is 113 cm³/mol. The number of nitrogens with zero attached hydrogens (tertiary/aromatic N) is 2. The first-order chi connectivity index (χ1) is 13.4. The van der Waals surface area contributed by atoms with Gasteiger partial charge in [-0.1, -0.05) is 66.7 Å². The fourth-order valence-corrected chi connectivity index (χ4v) is 3.69. The monoisotopic (exact) mass is 346 g/mol. The predicted octanol–water partition coefficient (Wildman–Crippen LogP) is 6.24. The van der Waals surface area contributed by atoms with Crippen molar-refractivity contribution in [2.75, 3.05) is 0 Å². The first kappa shape index (κ1) is 15.6. The van der Waals surface area contributed by atoms with E-state index in [0.717, 1.165) is 5.56 Å². The SMILES string of the molecule is C(=C(c1ccccc1)c1ccncc1)n1c2ccccc2c2ccccc21. The molecule has 0 radical (unpaired) electrons. The minimum Gasteiger partial charge on any atom is -0.315 e. The second-order valence-electron chi connectivity index (χ2n) is 6.55. The van der Waals surface area contributed by atoms with Crippen molar-refractivity contribution in [1.82, 2.24) is 9.55 Å². The van der Waals surface area contributed by atoms with Crippen molar-refractivity contribution in [3.63, 3.8) is 0 Å². The molecule has 0 fully saturated rings. The molecule has 0 spiro atoms. The van der Waals surface area contributed by atoms with Crippen molar-refractivity contribution < 1.29 is 0 Å². The van der Waals surface area contributed by atoms with E-state index in [9.17, 15) is 0 Å². The van der Waals surface area contributed by atoms with Crippen LogP contribution in [0.3, 0.4) is 0 Å². The Morgan fingerprint density at radius 2 is 1.11 bits per heavy atom. The summed E-state index contributed by atoms with van der Waals surface area (Å²) in [5.74, 6) is 0. The average molecular weight is 346 g/mol. The number of hydrogen-bond donors (Lipinski definition) is 0. The van der Waals surface area contributed by atoms with Gasteiger partial charge in [-0.2, -0.15) is 0 Å². The van der Waals surface area contributed by atoms with Gasteiger partial charge in [0.25, 0.3) is 0 Å². The second-order valence-corrected chi connectivity index (χ2v) is 6.55. The molecule has 3 aromatic carbocycles. The highest BCUT2D eigenvalue weighted by molar-refractivity contribution is 6.10. The summed E-state index contributed by atoms with van der Waals surface area (Å²) in [4.78, 5) is 4.18. The van der Waals surface area contributed by atoms with Gasteiger partial charge in [-0.05, 0) is 35.4 Å². The first-order valence-electron chi connectivity index (χ1n) is 9.07. The van der Waals surface area contributed by atoms with Crippen molar-refractivity contribution in [2.45, 2.75) is 0 Å². The molecule has 0 aliphatic heterocycles. The van der Waals surface area contributed by atoms with Crippen LogP contribution in [0.25, 0.3) is 33.6 Å². The fourth-order valence-electron chi connectivity index (χ4n) is 3.69. The van der Waals surface area contributed by atoms with Gasteiger partial charge in [0.05, 0.1) is 11.0 Å². The molecule has 0 bridgehead atoms. The summed E-state index contributed by atoms with van der Waals surface area (Å²) in [6.45, 7) is 0. The molecule has 0 aliphatic rings. The molecule has 0 aliphatic carbocycles. The lowest BCUT2D eigenvalue weighted by Crippen LogP contribution is -1.93. The molecule has 2 heterocycles. The lowest BCUT2D eigenvalue weighted by atomic mass is 10.00. The zero-order chi connectivity index (χ0) is 18.1. The number of hydrogen-bond acceptors (Lipinski definition) is 1. The molecular weight excluding hydrogens is 328 g/mol. The number of rotatable bonds is 3. The lowest BCUT2D eigenvalue weighted by molar-refractivity contribution is 1.28. The molecule has 128 valence electrons. The Kier molecular flexibility index (Phi) is 3.80. The van der Waals surface area contributed by atoms with Gasteiger partial charge in [-0.3, -0.25) is 4.98 Å². The van der Waals surface area contributed by atoms with E-state index in [4.69, 9.17) is 0 Å². The van der Waals surface area contributed by atoms with E-state index < -0.39 is 0 Å². The molecule has 0 saturated carbocycles. The normalized spacial score (nSPS) is 11.9. The Morgan fingerprint density at radius 1 is 0.593 bits per heavy atom. The van der Waals surface area contributed by atoms with Crippen molar-refractivity contribution in [2.24, 2.45) is 0 Å². The molecule has 5 aromatic rings. The van der Waals surface area contributed by atoms with Crippen molar-refractivity contribution in [3.05, 3.63) is 115 Å². The van der Waals surface area contributed by atoms with E-state index in [1.165, 1.54) is 32.9 Å². The second kappa shape index (κ2) is 6.58. The molecule has 0 unspecified atom stereocenters. The summed E-state index contributed by atoms with van der Waals surface area (Å²) in [7, 11) is 0. The van der Waals surface area contributed by atoms with E-state index >= 15 is 0 Å². The molecule has 27 heavy (non-hydrogen) atoms. The third-order valence-corrected chi connectivity index (χ3v) is 4.95. The van der Waals surface area contributed by atoms with Gasteiger partial charge in [-0.25, -0.2) is 0 Å². The van der Waals surface area contributed by atoms with Gasteiger partial charge < -0.3 is 4.57 Å². The Labute approximate surface area is 158 Å². The molecular formula is C25H18N2. The summed E-state index contributed by atoms with van der Waals surface area (Å²) < 4.78 is 2.30. The van der Waals surface area contributed by atoms with Crippen LogP contribution in [0.2, 0.25) is 0 Å². The quantitative estimate of drug-likeness (QED) is 0.378. The van der Waals surface area contributed by atoms with E-state index in [1.807, 2.05) is 18.5 Å². The third-order valence-electron chi connectivity index (χ3n) is 4.95. The summed E-state index contributed by atoms with van der Waals surface area (Å²) in [5.41, 5.74) is 5.93. The molecule has 2 aromatic heterocycles. The highest BCUT2D eigenvalue weighted by Crippen LogP contribution is 2.32. The average Bonchev–Trinajstić information content (AvgIpc) is 3.07. The molecule has 0 saturated heterocycles. The van der Waals surface area contributed by atoms with Crippen LogP contribution in [0, 0.1) is 0 Å². The van der Waals surface area contributed by atoms with Gasteiger partial charge in [-0.15, -0.1) is 0 Å². The van der Waals surface area contributed by atoms with Gasteiger partial charge >= 0.3 is 0 Å². The van der Waals surface area contributed by atoms with E-state index in [-0.39, 0.29) is 0 Å². The zero-order valence-corrected chi connectivity index (χ0v) is 14.8. The van der Waals surface area contributed by atoms with Crippen LogP contribution in [0.5, 0.6) is 0 Å². The van der Waals surface area contributed by atoms with Gasteiger partial charge in [0.2, 0.25) is 0 Å². The maximum atomic E-state index is 4.18. The summed E-state index contributed by atoms with van der Waals surface area (Å²) in [6, 6.07) is 31.8. The maximum absolute atomic E-state index is 4.18. The number of pyridine rings is 1. The number of fused-ring (bicyclic) bond motifs is 3. The van der Waals surface area contributed by atoms with E-state index in [0.29, 0.717) is 0 Å².